The molecule has 0 aromatic carbocycles. The second kappa shape index (κ2) is 7.27. The standard InChI is InChI=1S/C10H16F2N4O.ClH/c1-13-9(7-4-14-16(3)5-7)10(17)15(2)6-8(11)12;/h4-5,8-9,13H,6H2,1-3H3;1H. The molecule has 0 radical (unpaired) electrons. The zero-order valence-corrected chi connectivity index (χ0v) is 11.2. The van der Waals surface area contributed by atoms with Gasteiger partial charge in [-0.2, -0.15) is 5.10 Å². The van der Waals surface area contributed by atoms with Gasteiger partial charge in [0.15, 0.2) is 0 Å². The lowest BCUT2D eigenvalue weighted by molar-refractivity contribution is -0.133. The number of likely N-dealkylation sites (N-methyl/N-ethyl adjacent to an activating group) is 2. The molecular formula is C10H17ClF2N4O. The van der Waals surface area contributed by atoms with Gasteiger partial charge in [-0.05, 0) is 7.05 Å². The number of nitrogens with one attached hydrogen (secondary N) is 1. The van der Waals surface area contributed by atoms with Crippen LogP contribution in [0.5, 0.6) is 0 Å². The van der Waals surface area contributed by atoms with Gasteiger partial charge in [0.25, 0.3) is 6.43 Å². The average molecular weight is 283 g/mol. The maximum absolute atomic E-state index is 12.2. The van der Waals surface area contributed by atoms with Gasteiger partial charge in [-0.3, -0.25) is 9.48 Å². The number of carbonyl (C=O) groups is 1. The molecule has 0 aliphatic rings. The average Bonchev–Trinajstić information content (AvgIpc) is 2.64. The minimum Gasteiger partial charge on any atom is -0.338 e. The van der Waals surface area contributed by atoms with E-state index in [1.807, 2.05) is 0 Å². The second-order valence-corrected chi connectivity index (χ2v) is 3.78. The lowest BCUT2D eigenvalue weighted by Gasteiger charge is -2.22. The lowest BCUT2D eigenvalue weighted by Crippen LogP contribution is -2.39. The van der Waals surface area contributed by atoms with E-state index in [0.29, 0.717) is 5.56 Å². The first-order valence-corrected chi connectivity index (χ1v) is 5.14. The Labute approximate surface area is 111 Å². The van der Waals surface area contributed by atoms with Crippen LogP contribution >= 0.6 is 12.4 Å². The third-order valence-corrected chi connectivity index (χ3v) is 2.38. The number of rotatable bonds is 5. The molecule has 1 unspecified atom stereocenters. The Morgan fingerprint density at radius 3 is 2.61 bits per heavy atom. The van der Waals surface area contributed by atoms with E-state index in [-0.39, 0.29) is 12.4 Å². The van der Waals surface area contributed by atoms with Crippen molar-refractivity contribution in [3.63, 3.8) is 0 Å². The number of alkyl halides is 2. The summed E-state index contributed by atoms with van der Waals surface area (Å²) in [5, 5.41) is 6.74. The van der Waals surface area contributed by atoms with Crippen molar-refractivity contribution in [2.75, 3.05) is 20.6 Å². The predicted molar refractivity (Wildman–Crippen MR) is 65.9 cm³/mol. The van der Waals surface area contributed by atoms with Gasteiger partial charge >= 0.3 is 0 Å². The molecule has 1 rings (SSSR count). The molecule has 0 aliphatic carbocycles. The minimum atomic E-state index is -2.53. The number of amides is 1. The van der Waals surface area contributed by atoms with Gasteiger partial charge in [-0.15, -0.1) is 12.4 Å². The molecule has 1 atom stereocenters. The summed E-state index contributed by atoms with van der Waals surface area (Å²) < 4.78 is 25.9. The molecule has 0 spiro atoms. The van der Waals surface area contributed by atoms with E-state index in [4.69, 9.17) is 0 Å². The van der Waals surface area contributed by atoms with E-state index in [1.165, 1.54) is 13.2 Å². The van der Waals surface area contributed by atoms with Crippen molar-refractivity contribution in [2.45, 2.75) is 12.5 Å². The summed E-state index contributed by atoms with van der Waals surface area (Å²) in [7, 11) is 4.69. The van der Waals surface area contributed by atoms with Gasteiger partial charge < -0.3 is 10.2 Å². The van der Waals surface area contributed by atoms with Crippen molar-refractivity contribution in [3.05, 3.63) is 18.0 Å². The molecule has 8 heteroatoms. The second-order valence-electron chi connectivity index (χ2n) is 3.78. The smallest absolute Gasteiger partial charge is 0.255 e. The van der Waals surface area contributed by atoms with Crippen molar-refractivity contribution >= 4 is 18.3 Å². The molecule has 104 valence electrons. The zero-order chi connectivity index (χ0) is 13.0. The summed E-state index contributed by atoms with van der Waals surface area (Å²) in [5.41, 5.74) is 0.654. The number of halogens is 3. The molecule has 1 amide bonds. The maximum Gasteiger partial charge on any atom is 0.255 e. The molecule has 1 aromatic rings. The third kappa shape index (κ3) is 4.23. The van der Waals surface area contributed by atoms with Crippen molar-refractivity contribution in [3.8, 4) is 0 Å². The predicted octanol–water partition coefficient (Wildman–Crippen LogP) is 0.826. The van der Waals surface area contributed by atoms with Crippen molar-refractivity contribution in [1.29, 1.82) is 0 Å². The first-order chi connectivity index (χ1) is 7.95. The van der Waals surface area contributed by atoms with E-state index < -0.39 is 24.9 Å². The van der Waals surface area contributed by atoms with E-state index in [9.17, 15) is 13.6 Å². The topological polar surface area (TPSA) is 50.2 Å². The Balaban J connectivity index is 0.00000289. The van der Waals surface area contributed by atoms with Gasteiger partial charge in [0.1, 0.15) is 6.04 Å². The van der Waals surface area contributed by atoms with Crippen LogP contribution in [0.3, 0.4) is 0 Å². The molecule has 0 saturated carbocycles. The van der Waals surface area contributed by atoms with Crippen LogP contribution in [0, 0.1) is 0 Å². The van der Waals surface area contributed by atoms with Crippen LogP contribution in [0.15, 0.2) is 12.4 Å². The fraction of sp³-hybridized carbons (Fsp3) is 0.600. The van der Waals surface area contributed by atoms with E-state index >= 15 is 0 Å². The van der Waals surface area contributed by atoms with Crippen molar-refractivity contribution in [1.82, 2.24) is 20.0 Å². The van der Waals surface area contributed by atoms with E-state index in [1.54, 1.807) is 25.0 Å². The van der Waals surface area contributed by atoms with E-state index in [2.05, 4.69) is 10.4 Å². The van der Waals surface area contributed by atoms with Crippen molar-refractivity contribution < 1.29 is 13.6 Å². The number of hydrogen-bond acceptors (Lipinski definition) is 3. The Bertz CT molecular complexity index is 386. The number of aryl methyl sites for hydroxylation is 1. The normalized spacial score (nSPS) is 12.1. The number of nitrogens with zero attached hydrogens (tertiary/aromatic N) is 3. The summed E-state index contributed by atoms with van der Waals surface area (Å²) in [4.78, 5) is 12.9. The summed E-state index contributed by atoms with van der Waals surface area (Å²) in [6.45, 7) is -0.572. The zero-order valence-electron chi connectivity index (χ0n) is 10.4. The third-order valence-electron chi connectivity index (χ3n) is 2.38. The summed E-state index contributed by atoms with van der Waals surface area (Å²) >= 11 is 0. The van der Waals surface area contributed by atoms with E-state index in [0.717, 1.165) is 4.90 Å². The molecule has 0 bridgehead atoms. The number of hydrogen-bond donors (Lipinski definition) is 1. The summed E-state index contributed by atoms with van der Waals surface area (Å²) in [6.07, 6.45) is 0.681. The van der Waals surface area contributed by atoms with Crippen LogP contribution in [-0.2, 0) is 11.8 Å². The van der Waals surface area contributed by atoms with Crippen LogP contribution < -0.4 is 5.32 Å². The Morgan fingerprint density at radius 1 is 1.61 bits per heavy atom. The molecule has 0 fully saturated rings. The first-order valence-electron chi connectivity index (χ1n) is 5.14. The van der Waals surface area contributed by atoms with Crippen LogP contribution in [-0.4, -0.2) is 47.7 Å². The highest BCUT2D eigenvalue weighted by molar-refractivity contribution is 5.85. The molecule has 18 heavy (non-hydrogen) atoms. The SMILES string of the molecule is CNC(C(=O)N(C)CC(F)F)c1cnn(C)c1.Cl. The van der Waals surface area contributed by atoms with Gasteiger partial charge in [0, 0.05) is 25.9 Å². The van der Waals surface area contributed by atoms with Crippen LogP contribution in [0.4, 0.5) is 8.78 Å². The van der Waals surface area contributed by atoms with Gasteiger partial charge in [-0.1, -0.05) is 0 Å². The van der Waals surface area contributed by atoms with Crippen LogP contribution in [0.2, 0.25) is 0 Å². The molecule has 1 aromatic heterocycles. The Hall–Kier alpha value is -1.21. The van der Waals surface area contributed by atoms with Gasteiger partial charge in [-0.25, -0.2) is 8.78 Å². The Kier molecular flexibility index (Phi) is 6.79. The fourth-order valence-corrected chi connectivity index (χ4v) is 1.54. The maximum atomic E-state index is 12.2. The largest absolute Gasteiger partial charge is 0.338 e. The molecule has 1 heterocycles. The van der Waals surface area contributed by atoms with Crippen molar-refractivity contribution in [2.24, 2.45) is 7.05 Å². The fourth-order valence-electron chi connectivity index (χ4n) is 1.54. The van der Waals surface area contributed by atoms with Crippen LogP contribution in [0.25, 0.3) is 0 Å². The highest BCUT2D eigenvalue weighted by atomic mass is 35.5. The minimum absolute atomic E-state index is 0. The Morgan fingerprint density at radius 2 is 2.22 bits per heavy atom. The summed E-state index contributed by atoms with van der Waals surface area (Å²) in [5.74, 6) is -0.402. The molecule has 1 N–H and O–H groups in total. The number of carbonyl (C=O) groups excluding carboxylic acids is 1. The van der Waals surface area contributed by atoms with Gasteiger partial charge in [0.05, 0.1) is 12.7 Å². The summed E-state index contributed by atoms with van der Waals surface area (Å²) in [6, 6.07) is -0.646. The quantitative estimate of drug-likeness (QED) is 0.870. The van der Waals surface area contributed by atoms with Gasteiger partial charge in [0.2, 0.25) is 5.91 Å². The van der Waals surface area contributed by atoms with Crippen LogP contribution in [0.1, 0.15) is 11.6 Å². The highest BCUT2D eigenvalue weighted by Gasteiger charge is 2.24. The highest BCUT2D eigenvalue weighted by Crippen LogP contribution is 2.14. The molecule has 5 nitrogen and oxygen atoms in total. The molecular weight excluding hydrogens is 266 g/mol. The lowest BCUT2D eigenvalue weighted by atomic mass is 10.1. The molecule has 0 aliphatic heterocycles. The number of aromatic nitrogens is 2. The molecule has 0 saturated heterocycles. The monoisotopic (exact) mass is 282 g/mol. The first kappa shape index (κ1) is 16.8.